The molecule has 2 amide bonds. The molecule has 4 aromatic rings. The minimum absolute atomic E-state index is 0.0515. The van der Waals surface area contributed by atoms with Crippen molar-refractivity contribution in [2.45, 2.75) is 6.04 Å². The van der Waals surface area contributed by atoms with Crippen molar-refractivity contribution in [2.24, 2.45) is 0 Å². The number of carbonyl (C=O) groups is 2. The third-order valence-electron chi connectivity index (χ3n) is 4.08. The molecule has 0 aliphatic heterocycles. The molecule has 1 atom stereocenters. The Hall–Kier alpha value is -4.33. The molecule has 0 bridgehead atoms. The van der Waals surface area contributed by atoms with E-state index < -0.39 is 11.9 Å². The predicted molar refractivity (Wildman–Crippen MR) is 97.0 cm³/mol. The Morgan fingerprint density at radius 1 is 0.893 bits per heavy atom. The molecule has 0 aliphatic carbocycles. The van der Waals surface area contributed by atoms with E-state index in [-0.39, 0.29) is 12.5 Å². The molecule has 0 spiro atoms. The van der Waals surface area contributed by atoms with E-state index in [9.17, 15) is 14.9 Å². The van der Waals surface area contributed by atoms with Gasteiger partial charge >= 0.3 is 0 Å². The second-order valence-electron chi connectivity index (χ2n) is 5.92. The van der Waals surface area contributed by atoms with Crippen LogP contribution in [0.5, 0.6) is 0 Å². The number of aromatic nitrogens is 6. The smallest absolute Gasteiger partial charge is 0.252 e. The fourth-order valence-electron chi connectivity index (χ4n) is 2.63. The Labute approximate surface area is 157 Å². The number of amides is 2. The van der Waals surface area contributed by atoms with Crippen molar-refractivity contribution in [3.63, 3.8) is 0 Å². The number of carbonyl (C=O) groups excluding carboxylic acids is 2. The number of benzene rings is 2. The Bertz CT molecular complexity index is 1220. The second-order valence-corrected chi connectivity index (χ2v) is 5.92. The lowest BCUT2D eigenvalue weighted by atomic mass is 10.1. The van der Waals surface area contributed by atoms with Gasteiger partial charge in [0.2, 0.25) is 0 Å². The van der Waals surface area contributed by atoms with Gasteiger partial charge in [0.25, 0.3) is 11.8 Å². The lowest BCUT2D eigenvalue weighted by Gasteiger charge is -2.13. The summed E-state index contributed by atoms with van der Waals surface area (Å²) >= 11 is 0. The van der Waals surface area contributed by atoms with E-state index in [1.54, 1.807) is 36.4 Å². The number of nitrogens with zero attached hydrogens (tertiary/aromatic N) is 5. The average Bonchev–Trinajstić information content (AvgIpc) is 3.38. The molecule has 1 unspecified atom stereocenters. The molecule has 28 heavy (non-hydrogen) atoms. The van der Waals surface area contributed by atoms with Gasteiger partial charge in [0.05, 0.1) is 12.6 Å². The maximum Gasteiger partial charge on any atom is 0.252 e. The van der Waals surface area contributed by atoms with Crippen LogP contribution in [0.15, 0.2) is 36.4 Å². The van der Waals surface area contributed by atoms with Gasteiger partial charge in [0, 0.05) is 11.1 Å². The Morgan fingerprint density at radius 3 is 2.00 bits per heavy atom. The summed E-state index contributed by atoms with van der Waals surface area (Å²) in [5.74, 6) is -0.835. The molecule has 0 radical (unpaired) electrons. The zero-order valence-corrected chi connectivity index (χ0v) is 14.3. The molecular formula is C17H13N9O2. The van der Waals surface area contributed by atoms with E-state index >= 15 is 0 Å². The summed E-state index contributed by atoms with van der Waals surface area (Å²) in [5, 5.41) is 35.1. The Balaban J connectivity index is 1.39. The number of H-pyrrole nitrogens is 2. The topological polar surface area (TPSA) is 165 Å². The van der Waals surface area contributed by atoms with Gasteiger partial charge in [-0.3, -0.25) is 9.59 Å². The van der Waals surface area contributed by atoms with E-state index in [4.69, 9.17) is 0 Å². The SMILES string of the molecule is N#CC(CNC(=O)c1ccc2n[nH]nc2c1)NC(=O)c1ccc2n[nH]nc2c1. The van der Waals surface area contributed by atoms with Crippen molar-refractivity contribution in [1.82, 2.24) is 41.5 Å². The molecule has 0 fully saturated rings. The summed E-state index contributed by atoms with van der Waals surface area (Å²) in [6, 6.07) is 10.7. The summed E-state index contributed by atoms with van der Waals surface area (Å²) in [7, 11) is 0. The molecule has 11 nitrogen and oxygen atoms in total. The van der Waals surface area contributed by atoms with Crippen molar-refractivity contribution < 1.29 is 9.59 Å². The highest BCUT2D eigenvalue weighted by atomic mass is 16.2. The van der Waals surface area contributed by atoms with Crippen LogP contribution in [0.1, 0.15) is 20.7 Å². The van der Waals surface area contributed by atoms with Crippen molar-refractivity contribution in [3.8, 4) is 6.07 Å². The normalized spacial score (nSPS) is 11.8. The third-order valence-corrected chi connectivity index (χ3v) is 4.08. The summed E-state index contributed by atoms with van der Waals surface area (Å²) in [4.78, 5) is 24.7. The maximum absolute atomic E-state index is 12.4. The Morgan fingerprint density at radius 2 is 1.43 bits per heavy atom. The predicted octanol–water partition coefficient (Wildman–Crippen LogP) is 0.281. The van der Waals surface area contributed by atoms with Gasteiger partial charge in [-0.05, 0) is 36.4 Å². The monoisotopic (exact) mass is 375 g/mol. The number of aromatic amines is 2. The highest BCUT2D eigenvalue weighted by Gasteiger charge is 2.16. The van der Waals surface area contributed by atoms with Gasteiger partial charge in [-0.15, -0.1) is 0 Å². The van der Waals surface area contributed by atoms with Crippen molar-refractivity contribution in [1.29, 1.82) is 5.26 Å². The first-order chi connectivity index (χ1) is 13.6. The standard InChI is InChI=1S/C17H13N9O2/c18-7-11(20-17(28)10-2-4-13-15(6-10)24-26-22-13)8-19-16(27)9-1-3-12-14(5-9)23-25-21-12/h1-6,11H,8H2,(H,19,27)(H,20,28)(H,21,23,25)(H,22,24,26). The number of nitrogens with one attached hydrogen (secondary N) is 4. The quantitative estimate of drug-likeness (QED) is 0.389. The largest absolute Gasteiger partial charge is 0.349 e. The molecule has 0 aliphatic rings. The van der Waals surface area contributed by atoms with Crippen LogP contribution in [-0.4, -0.2) is 55.2 Å². The molecule has 0 saturated heterocycles. The third kappa shape index (κ3) is 3.34. The van der Waals surface area contributed by atoms with Crippen LogP contribution in [-0.2, 0) is 0 Å². The number of nitriles is 1. The zero-order chi connectivity index (χ0) is 19.5. The summed E-state index contributed by atoms with van der Waals surface area (Å²) in [6.45, 7) is -0.0515. The molecule has 138 valence electrons. The van der Waals surface area contributed by atoms with Crippen LogP contribution in [0.3, 0.4) is 0 Å². The number of hydrogen-bond donors (Lipinski definition) is 4. The van der Waals surface area contributed by atoms with E-state index in [1.807, 2.05) is 6.07 Å². The van der Waals surface area contributed by atoms with Gasteiger partial charge in [-0.25, -0.2) is 0 Å². The van der Waals surface area contributed by atoms with Crippen LogP contribution in [0.4, 0.5) is 0 Å². The number of hydrogen-bond acceptors (Lipinski definition) is 7. The first kappa shape index (κ1) is 17.1. The van der Waals surface area contributed by atoms with Gasteiger partial charge < -0.3 is 10.6 Å². The number of rotatable bonds is 5. The summed E-state index contributed by atoms with van der Waals surface area (Å²) < 4.78 is 0. The Kier molecular flexibility index (Phi) is 4.35. The van der Waals surface area contributed by atoms with E-state index in [1.165, 1.54) is 0 Å². The van der Waals surface area contributed by atoms with Crippen LogP contribution >= 0.6 is 0 Å². The van der Waals surface area contributed by atoms with Crippen LogP contribution < -0.4 is 10.6 Å². The van der Waals surface area contributed by atoms with Crippen LogP contribution in [0, 0.1) is 11.3 Å². The highest BCUT2D eigenvalue weighted by molar-refractivity contribution is 5.98. The lowest BCUT2D eigenvalue weighted by molar-refractivity contribution is 0.0918. The molecule has 11 heteroatoms. The first-order valence-corrected chi connectivity index (χ1v) is 8.24. The van der Waals surface area contributed by atoms with E-state index in [0.717, 1.165) is 0 Å². The maximum atomic E-state index is 12.4. The average molecular weight is 375 g/mol. The minimum atomic E-state index is -0.903. The van der Waals surface area contributed by atoms with Gasteiger partial charge in [0.1, 0.15) is 28.1 Å². The van der Waals surface area contributed by atoms with Gasteiger partial charge in [-0.1, -0.05) is 0 Å². The molecule has 0 saturated carbocycles. The molecule has 4 rings (SSSR count). The van der Waals surface area contributed by atoms with Gasteiger partial charge in [0.15, 0.2) is 0 Å². The summed E-state index contributed by atoms with van der Waals surface area (Å²) in [6.07, 6.45) is 0. The highest BCUT2D eigenvalue weighted by Crippen LogP contribution is 2.11. The van der Waals surface area contributed by atoms with E-state index in [0.29, 0.717) is 33.2 Å². The molecule has 2 aromatic heterocycles. The lowest BCUT2D eigenvalue weighted by Crippen LogP contribution is -2.42. The van der Waals surface area contributed by atoms with Crippen molar-refractivity contribution >= 4 is 33.9 Å². The fourth-order valence-corrected chi connectivity index (χ4v) is 2.63. The van der Waals surface area contributed by atoms with E-state index in [2.05, 4.69) is 41.5 Å². The zero-order valence-electron chi connectivity index (χ0n) is 14.3. The van der Waals surface area contributed by atoms with Gasteiger partial charge in [-0.2, -0.15) is 36.1 Å². The number of fused-ring (bicyclic) bond motifs is 2. The fraction of sp³-hybridized carbons (Fsp3) is 0.118. The molecule has 4 N–H and O–H groups in total. The molecule has 2 heterocycles. The summed E-state index contributed by atoms with van der Waals surface area (Å²) in [5.41, 5.74) is 3.08. The minimum Gasteiger partial charge on any atom is -0.349 e. The van der Waals surface area contributed by atoms with Crippen LogP contribution in [0.2, 0.25) is 0 Å². The van der Waals surface area contributed by atoms with Crippen LogP contribution in [0.25, 0.3) is 22.1 Å². The molecule has 2 aromatic carbocycles. The second kappa shape index (κ2) is 7.12. The van der Waals surface area contributed by atoms with Crippen molar-refractivity contribution in [3.05, 3.63) is 47.5 Å². The first-order valence-electron chi connectivity index (χ1n) is 8.24. The molecular weight excluding hydrogens is 362 g/mol. The van der Waals surface area contributed by atoms with Crippen molar-refractivity contribution in [2.75, 3.05) is 6.54 Å².